The van der Waals surface area contributed by atoms with E-state index in [1.807, 2.05) is 4.98 Å². The summed E-state index contributed by atoms with van der Waals surface area (Å²) < 4.78 is 32.8. The van der Waals surface area contributed by atoms with Gasteiger partial charge < -0.3 is 44.0 Å². The first-order valence-electron chi connectivity index (χ1n) is 13.0. The van der Waals surface area contributed by atoms with Gasteiger partial charge in [0.2, 0.25) is 0 Å². The molecule has 0 bridgehead atoms. The number of aromatic nitrogens is 2. The third-order valence-electron chi connectivity index (χ3n) is 6.02. The Morgan fingerprint density at radius 3 is 1.75 bits per heavy atom. The maximum Gasteiger partial charge on any atom is 0.340 e. The van der Waals surface area contributed by atoms with Crippen LogP contribution < -0.4 is 11.2 Å². The van der Waals surface area contributed by atoms with Crippen molar-refractivity contribution in [3.05, 3.63) is 32.1 Å². The molecule has 5 atom stereocenters. The van der Waals surface area contributed by atoms with Crippen LogP contribution in [-0.2, 0) is 18.4 Å². The smallest absolute Gasteiger partial charge is 0.340 e. The SMILES string of the molecule is CCN(CC)CC.CCN(CC)CC.O=c1[nH]c(=O)n([C@@H]2O[C@H](COP(=O)(O)CP(=O)(O)O)[C@@H](O)[C@H]2O)cc1Cl. The van der Waals surface area contributed by atoms with Crippen LogP contribution in [0, 0.1) is 0 Å². The Morgan fingerprint density at radius 1 is 0.925 bits per heavy atom. The van der Waals surface area contributed by atoms with Gasteiger partial charge in [0.25, 0.3) is 5.56 Å². The van der Waals surface area contributed by atoms with Gasteiger partial charge in [-0.15, -0.1) is 0 Å². The van der Waals surface area contributed by atoms with Crippen LogP contribution in [0.1, 0.15) is 47.8 Å². The summed E-state index contributed by atoms with van der Waals surface area (Å²) in [5, 5.41) is 19.5. The van der Waals surface area contributed by atoms with Gasteiger partial charge in [-0.1, -0.05) is 53.1 Å². The minimum Gasteiger partial charge on any atom is -0.387 e. The highest BCUT2D eigenvalue weighted by atomic mass is 35.5. The molecule has 2 rings (SSSR count). The monoisotopic (exact) mass is 638 g/mol. The zero-order chi connectivity index (χ0) is 31.3. The van der Waals surface area contributed by atoms with Gasteiger partial charge in [0.15, 0.2) is 12.1 Å². The van der Waals surface area contributed by atoms with Crippen LogP contribution in [0.2, 0.25) is 5.02 Å². The molecule has 1 saturated heterocycles. The number of nitrogens with zero attached hydrogens (tertiary/aromatic N) is 3. The molecule has 40 heavy (non-hydrogen) atoms. The summed E-state index contributed by atoms with van der Waals surface area (Å²) in [5.74, 6) is -1.44. The molecule has 1 aromatic rings. The molecule has 0 aromatic carbocycles. The van der Waals surface area contributed by atoms with E-state index in [9.17, 15) is 33.8 Å². The van der Waals surface area contributed by atoms with Crippen molar-refractivity contribution in [2.24, 2.45) is 0 Å². The van der Waals surface area contributed by atoms with Crippen molar-refractivity contribution in [3.8, 4) is 0 Å². The first-order valence-corrected chi connectivity index (χ1v) is 16.9. The van der Waals surface area contributed by atoms with Gasteiger partial charge in [-0.3, -0.25) is 23.5 Å². The number of nitrogens with one attached hydrogen (secondary N) is 1. The van der Waals surface area contributed by atoms with Crippen molar-refractivity contribution >= 4 is 26.8 Å². The predicted molar refractivity (Wildman–Crippen MR) is 152 cm³/mol. The Kier molecular flexibility index (Phi) is 18.1. The zero-order valence-electron chi connectivity index (χ0n) is 23.8. The molecule has 15 nitrogen and oxygen atoms in total. The summed E-state index contributed by atoms with van der Waals surface area (Å²) in [6, 6.07) is 0. The number of rotatable bonds is 12. The van der Waals surface area contributed by atoms with Crippen LogP contribution in [0.15, 0.2) is 15.8 Å². The largest absolute Gasteiger partial charge is 0.387 e. The summed E-state index contributed by atoms with van der Waals surface area (Å²) >= 11 is 5.60. The van der Waals surface area contributed by atoms with Gasteiger partial charge in [0, 0.05) is 6.20 Å². The summed E-state index contributed by atoms with van der Waals surface area (Å²) in [7, 11) is -9.54. The molecule has 2 heterocycles. The summed E-state index contributed by atoms with van der Waals surface area (Å²) in [5.41, 5.74) is -1.87. The summed E-state index contributed by atoms with van der Waals surface area (Å²) in [6.07, 6.45) is -5.40. The Morgan fingerprint density at radius 2 is 1.38 bits per heavy atom. The van der Waals surface area contributed by atoms with Crippen LogP contribution in [0.4, 0.5) is 0 Å². The van der Waals surface area contributed by atoms with Gasteiger partial charge in [-0.25, -0.2) is 4.79 Å². The summed E-state index contributed by atoms with van der Waals surface area (Å²) in [4.78, 5) is 56.4. The van der Waals surface area contributed by atoms with Crippen LogP contribution in [0.3, 0.4) is 0 Å². The Bertz CT molecular complexity index is 1050. The topological polar surface area (TPSA) is 215 Å². The highest BCUT2D eigenvalue weighted by Crippen LogP contribution is 2.55. The van der Waals surface area contributed by atoms with Crippen LogP contribution >= 0.6 is 26.8 Å². The second-order valence-electron chi connectivity index (χ2n) is 8.67. The lowest BCUT2D eigenvalue weighted by atomic mass is 10.1. The summed E-state index contributed by atoms with van der Waals surface area (Å²) in [6.45, 7) is 19.4. The molecule has 1 unspecified atom stereocenters. The molecule has 1 aromatic heterocycles. The molecule has 6 N–H and O–H groups in total. The van der Waals surface area contributed by atoms with Crippen molar-refractivity contribution in [2.75, 3.05) is 51.8 Å². The molecule has 0 spiro atoms. The third kappa shape index (κ3) is 13.8. The Balaban J connectivity index is 0.000000894. The van der Waals surface area contributed by atoms with Crippen LogP contribution in [-0.4, -0.2) is 114 Å². The molecule has 1 fully saturated rings. The standard InChI is InChI=1S/C10H15ClN2O11P2.2C6H15N/c11-4-1-13(10(17)12-8(4)16)9-7(15)6(14)5(24-9)2-23-26(21,22)3-25(18,19)20;2*1-4-7(5-2)6-3/h1,5-7,9,14-15H,2-3H2,(H,21,22)(H,12,16,17)(H2,18,19,20);2*4-6H2,1-3H3/t5-,6-,7-,9-;;/m1../s1. The molecule has 0 radical (unpaired) electrons. The number of aliphatic hydroxyl groups excluding tert-OH is 2. The molecule has 18 heteroatoms. The minimum absolute atomic E-state index is 0.393. The number of aromatic amines is 1. The maximum atomic E-state index is 11.8. The number of aliphatic hydroxyl groups is 2. The second-order valence-corrected chi connectivity index (χ2v) is 13.1. The average Bonchev–Trinajstić information content (AvgIpc) is 3.15. The number of hydrogen-bond donors (Lipinski definition) is 6. The van der Waals surface area contributed by atoms with E-state index in [0.717, 1.165) is 6.20 Å². The van der Waals surface area contributed by atoms with E-state index in [1.54, 1.807) is 0 Å². The van der Waals surface area contributed by atoms with Crippen molar-refractivity contribution in [3.63, 3.8) is 0 Å². The molecular formula is C22H45ClN4O11P2. The van der Waals surface area contributed by atoms with E-state index in [2.05, 4.69) is 55.9 Å². The van der Waals surface area contributed by atoms with Crippen molar-refractivity contribution in [1.82, 2.24) is 19.4 Å². The Hall–Kier alpha value is -0.930. The third-order valence-corrected chi connectivity index (χ3v) is 9.75. The lowest BCUT2D eigenvalue weighted by Gasteiger charge is -2.18. The van der Waals surface area contributed by atoms with Gasteiger partial charge >= 0.3 is 20.9 Å². The first kappa shape index (κ1) is 39.1. The number of ether oxygens (including phenoxy) is 1. The van der Waals surface area contributed by atoms with Crippen molar-refractivity contribution < 1.29 is 43.3 Å². The van der Waals surface area contributed by atoms with E-state index in [-0.39, 0.29) is 0 Å². The highest BCUT2D eigenvalue weighted by molar-refractivity contribution is 7.70. The molecule has 0 amide bonds. The number of hydrogen-bond acceptors (Lipinski definition) is 10. The lowest BCUT2D eigenvalue weighted by Crippen LogP contribution is -2.38. The Labute approximate surface area is 239 Å². The number of halogens is 1. The molecule has 0 aliphatic carbocycles. The van der Waals surface area contributed by atoms with Gasteiger partial charge in [-0.05, 0) is 39.3 Å². The van der Waals surface area contributed by atoms with Gasteiger partial charge in [0.1, 0.15) is 23.3 Å². The first-order chi connectivity index (χ1) is 18.5. The second kappa shape index (κ2) is 18.6. The fourth-order valence-electron chi connectivity index (χ4n) is 3.55. The van der Waals surface area contributed by atoms with E-state index >= 15 is 0 Å². The van der Waals surface area contributed by atoms with Crippen molar-refractivity contribution in [1.29, 1.82) is 0 Å². The molecular weight excluding hydrogens is 594 g/mol. The zero-order valence-corrected chi connectivity index (χ0v) is 26.4. The fourth-order valence-corrected chi connectivity index (χ4v) is 6.27. The van der Waals surface area contributed by atoms with E-state index in [4.69, 9.17) is 26.1 Å². The van der Waals surface area contributed by atoms with Crippen LogP contribution in [0.25, 0.3) is 0 Å². The normalized spacial score (nSPS) is 22.4. The van der Waals surface area contributed by atoms with Gasteiger partial charge in [-0.2, -0.15) is 0 Å². The fraction of sp³-hybridized carbons (Fsp3) is 0.818. The number of H-pyrrole nitrogens is 1. The maximum absolute atomic E-state index is 11.8. The molecule has 236 valence electrons. The lowest BCUT2D eigenvalue weighted by molar-refractivity contribution is -0.0524. The van der Waals surface area contributed by atoms with E-state index < -0.39 is 68.5 Å². The molecule has 1 aliphatic heterocycles. The van der Waals surface area contributed by atoms with E-state index in [0.29, 0.717) is 4.57 Å². The minimum atomic E-state index is -4.84. The molecule has 0 saturated carbocycles. The van der Waals surface area contributed by atoms with Gasteiger partial charge in [0.05, 0.1) is 6.61 Å². The quantitative estimate of drug-likeness (QED) is 0.175. The van der Waals surface area contributed by atoms with Crippen molar-refractivity contribution in [2.45, 2.75) is 66.1 Å². The van der Waals surface area contributed by atoms with E-state index in [1.165, 1.54) is 39.3 Å². The predicted octanol–water partition coefficient (Wildman–Crippen LogP) is 0.843. The average molecular weight is 639 g/mol. The highest BCUT2D eigenvalue weighted by Gasteiger charge is 2.45. The molecule has 1 aliphatic rings. The van der Waals surface area contributed by atoms with Crippen LogP contribution in [0.5, 0.6) is 0 Å².